The summed E-state index contributed by atoms with van der Waals surface area (Å²) in [5.41, 5.74) is 1.32. The van der Waals surface area contributed by atoms with Crippen LogP contribution in [-0.2, 0) is 19.7 Å². The second-order valence-corrected chi connectivity index (χ2v) is 11.6. The minimum atomic E-state index is -0.386. The Labute approximate surface area is 238 Å². The lowest BCUT2D eigenvalue weighted by molar-refractivity contribution is -0.159. The maximum absolute atomic E-state index is 14.0. The number of likely N-dealkylation sites (tertiary alicyclic amines) is 1. The number of esters is 2. The number of hydrogen-bond acceptors (Lipinski definition) is 6. The van der Waals surface area contributed by atoms with E-state index in [1.54, 1.807) is 6.07 Å². The zero-order valence-electron chi connectivity index (χ0n) is 24.2. The molecule has 7 heteroatoms. The molecule has 1 amide bonds. The second-order valence-electron chi connectivity index (χ2n) is 11.6. The molecule has 2 aliphatic rings. The van der Waals surface area contributed by atoms with Crippen molar-refractivity contribution in [2.24, 2.45) is 11.8 Å². The van der Waals surface area contributed by atoms with Gasteiger partial charge in [-0.3, -0.25) is 19.3 Å². The molecule has 4 atom stereocenters. The van der Waals surface area contributed by atoms with Gasteiger partial charge >= 0.3 is 11.9 Å². The van der Waals surface area contributed by atoms with E-state index in [4.69, 9.17) is 9.47 Å². The van der Waals surface area contributed by atoms with Gasteiger partial charge in [-0.15, -0.1) is 6.58 Å². The number of fused-ring (bicyclic) bond motifs is 1. The largest absolute Gasteiger partial charge is 0.462 e. The van der Waals surface area contributed by atoms with Crippen LogP contribution in [0.1, 0.15) is 62.9 Å². The summed E-state index contributed by atoms with van der Waals surface area (Å²) in [7, 11) is 0. The third-order valence-corrected chi connectivity index (χ3v) is 8.25. The van der Waals surface area contributed by atoms with Crippen LogP contribution >= 0.6 is 0 Å². The van der Waals surface area contributed by atoms with Crippen molar-refractivity contribution in [2.75, 3.05) is 26.2 Å². The molecule has 0 aromatic heterocycles. The van der Waals surface area contributed by atoms with Crippen molar-refractivity contribution in [1.82, 2.24) is 9.80 Å². The van der Waals surface area contributed by atoms with E-state index in [1.807, 2.05) is 53.4 Å². The minimum absolute atomic E-state index is 0.00153. The van der Waals surface area contributed by atoms with Gasteiger partial charge in [0.2, 0.25) is 0 Å². The number of amides is 1. The molecule has 7 nitrogen and oxygen atoms in total. The quantitative estimate of drug-likeness (QED) is 0.243. The van der Waals surface area contributed by atoms with Crippen LogP contribution in [0.3, 0.4) is 0 Å². The number of carbonyl (C=O) groups is 3. The molecule has 1 saturated heterocycles. The Morgan fingerprint density at radius 3 is 2.50 bits per heavy atom. The summed E-state index contributed by atoms with van der Waals surface area (Å²) >= 11 is 0. The van der Waals surface area contributed by atoms with E-state index in [0.29, 0.717) is 24.3 Å². The van der Waals surface area contributed by atoms with Crippen LogP contribution in [0.4, 0.5) is 0 Å². The lowest BCUT2D eigenvalue weighted by Gasteiger charge is -2.56. The molecule has 2 aromatic rings. The van der Waals surface area contributed by atoms with Gasteiger partial charge in [-0.2, -0.15) is 0 Å². The van der Waals surface area contributed by atoms with Crippen molar-refractivity contribution < 1.29 is 23.9 Å². The van der Waals surface area contributed by atoms with Crippen molar-refractivity contribution >= 4 is 17.8 Å². The van der Waals surface area contributed by atoms with Crippen LogP contribution in [0.5, 0.6) is 5.75 Å². The molecule has 0 spiro atoms. The van der Waals surface area contributed by atoms with Crippen molar-refractivity contribution in [1.29, 1.82) is 0 Å². The molecule has 1 aliphatic carbocycles. The summed E-state index contributed by atoms with van der Waals surface area (Å²) in [6.45, 7) is 14.0. The van der Waals surface area contributed by atoms with E-state index in [9.17, 15) is 14.4 Å². The molecule has 1 heterocycles. The van der Waals surface area contributed by atoms with Crippen molar-refractivity contribution in [3.05, 3.63) is 78.4 Å². The molecule has 40 heavy (non-hydrogen) atoms. The minimum Gasteiger partial charge on any atom is -0.462 e. The van der Waals surface area contributed by atoms with Gasteiger partial charge in [0.15, 0.2) is 0 Å². The molecule has 1 aliphatic heterocycles. The molecule has 2 aromatic carbocycles. The van der Waals surface area contributed by atoms with Gasteiger partial charge in [-0.25, -0.2) is 0 Å². The van der Waals surface area contributed by atoms with Gasteiger partial charge in [0.1, 0.15) is 11.9 Å². The van der Waals surface area contributed by atoms with Crippen LogP contribution in [0.25, 0.3) is 0 Å². The summed E-state index contributed by atoms with van der Waals surface area (Å²) < 4.78 is 11.6. The fraction of sp³-hybridized carbons (Fsp3) is 0.485. The molecule has 0 bridgehead atoms. The van der Waals surface area contributed by atoms with Crippen LogP contribution < -0.4 is 4.74 Å². The highest BCUT2D eigenvalue weighted by Gasteiger charge is 2.54. The maximum atomic E-state index is 14.0. The van der Waals surface area contributed by atoms with Crippen LogP contribution in [0.15, 0.2) is 67.3 Å². The third-order valence-electron chi connectivity index (χ3n) is 8.25. The summed E-state index contributed by atoms with van der Waals surface area (Å²) in [6, 6.07) is 17.0. The Balaban J connectivity index is 1.82. The zero-order valence-corrected chi connectivity index (χ0v) is 24.2. The number of hydrogen-bond donors (Lipinski definition) is 0. The van der Waals surface area contributed by atoms with Crippen molar-refractivity contribution in [3.63, 3.8) is 0 Å². The number of carbonyl (C=O) groups excluding carboxylic acids is 3. The smallest absolute Gasteiger partial charge is 0.308 e. The first kappa shape index (κ1) is 29.5. The molecule has 214 valence electrons. The van der Waals surface area contributed by atoms with E-state index in [0.717, 1.165) is 38.0 Å². The topological polar surface area (TPSA) is 76.2 Å². The van der Waals surface area contributed by atoms with Crippen LogP contribution in [-0.4, -0.2) is 66.0 Å². The Hall–Kier alpha value is -3.45. The number of piperidine rings is 1. The van der Waals surface area contributed by atoms with E-state index < -0.39 is 0 Å². The number of ether oxygens (including phenoxy) is 2. The van der Waals surface area contributed by atoms with Crippen molar-refractivity contribution in [3.8, 4) is 5.75 Å². The molecule has 4 rings (SSSR count). The molecular formula is C33H42N2O5. The molecule has 2 fully saturated rings. The lowest BCUT2D eigenvalue weighted by atomic mass is 9.56. The summed E-state index contributed by atoms with van der Waals surface area (Å²) in [6.07, 6.45) is 3.65. The van der Waals surface area contributed by atoms with E-state index in [-0.39, 0.29) is 47.2 Å². The zero-order chi connectivity index (χ0) is 28.9. The fourth-order valence-electron chi connectivity index (χ4n) is 6.73. The normalized spacial score (nSPS) is 24.6. The fourth-order valence-corrected chi connectivity index (χ4v) is 6.73. The number of benzene rings is 2. The first-order chi connectivity index (χ1) is 19.1. The first-order valence-electron chi connectivity index (χ1n) is 14.3. The Morgan fingerprint density at radius 1 is 1.10 bits per heavy atom. The van der Waals surface area contributed by atoms with Crippen LogP contribution in [0.2, 0.25) is 0 Å². The molecule has 0 radical (unpaired) electrons. The number of rotatable bonds is 9. The Kier molecular flexibility index (Phi) is 9.46. The monoisotopic (exact) mass is 546 g/mol. The first-order valence-corrected chi connectivity index (χ1v) is 14.3. The SMILES string of the molecule is C=CCN1CCC2(c3cccc(OC(C)=O)c3)C[C@H](N(CC(C)C)C(=O)c3ccccc3)CC(OC(C)=O)C2C1. The van der Waals surface area contributed by atoms with E-state index in [1.165, 1.54) is 13.8 Å². The van der Waals surface area contributed by atoms with E-state index in [2.05, 4.69) is 31.4 Å². The Bertz CT molecular complexity index is 1210. The van der Waals surface area contributed by atoms with Crippen LogP contribution in [0, 0.1) is 11.8 Å². The predicted molar refractivity (Wildman–Crippen MR) is 155 cm³/mol. The summed E-state index contributed by atoms with van der Waals surface area (Å²) in [5.74, 6) is 0.0584. The van der Waals surface area contributed by atoms with Gasteiger partial charge in [0, 0.05) is 62.8 Å². The maximum Gasteiger partial charge on any atom is 0.308 e. The van der Waals surface area contributed by atoms with E-state index >= 15 is 0 Å². The van der Waals surface area contributed by atoms with Gasteiger partial charge in [-0.05, 0) is 55.1 Å². The molecular weight excluding hydrogens is 504 g/mol. The van der Waals surface area contributed by atoms with Gasteiger partial charge in [0.25, 0.3) is 5.91 Å². The summed E-state index contributed by atoms with van der Waals surface area (Å²) in [4.78, 5) is 42.5. The lowest BCUT2D eigenvalue weighted by Crippen LogP contribution is -2.62. The van der Waals surface area contributed by atoms with Gasteiger partial charge in [0.05, 0.1) is 0 Å². The highest BCUT2D eigenvalue weighted by Crippen LogP contribution is 2.51. The Morgan fingerprint density at radius 2 is 1.85 bits per heavy atom. The average Bonchev–Trinajstić information content (AvgIpc) is 2.91. The number of nitrogens with zero attached hydrogens (tertiary/aromatic N) is 2. The summed E-state index contributed by atoms with van der Waals surface area (Å²) in [5, 5.41) is 0. The molecule has 0 N–H and O–H groups in total. The predicted octanol–water partition coefficient (Wildman–Crippen LogP) is 5.25. The molecule has 1 saturated carbocycles. The third kappa shape index (κ3) is 6.64. The van der Waals surface area contributed by atoms with Gasteiger partial charge in [-0.1, -0.05) is 50.3 Å². The van der Waals surface area contributed by atoms with Crippen molar-refractivity contribution in [2.45, 2.75) is 64.5 Å². The highest BCUT2D eigenvalue weighted by atomic mass is 16.5. The van der Waals surface area contributed by atoms with Gasteiger partial charge < -0.3 is 14.4 Å². The standard InChI is InChI=1S/C33H42N2O5/c1-6-16-34-17-15-33(27-13-10-14-29(18-27)39-24(4)36)20-28(19-31(30(33)22-34)40-25(5)37)35(21-23(2)3)32(38)26-11-8-7-9-12-26/h6-14,18,23,28,30-31H,1,15-17,19-22H2,2-5H3/t28-,30?,31?,33?/m1/s1. The molecule has 3 unspecified atom stereocenters. The average molecular weight is 547 g/mol. The second kappa shape index (κ2) is 12.8. The highest BCUT2D eigenvalue weighted by molar-refractivity contribution is 5.94.